The molecule has 0 aliphatic rings. The second kappa shape index (κ2) is 5.93. The van der Waals surface area contributed by atoms with Gasteiger partial charge in [-0.05, 0) is 52.7 Å². The first-order valence-corrected chi connectivity index (χ1v) is 6.70. The Kier molecular flexibility index (Phi) is 4.27. The van der Waals surface area contributed by atoms with E-state index in [-0.39, 0.29) is 5.56 Å². The van der Waals surface area contributed by atoms with Crippen molar-refractivity contribution in [2.75, 3.05) is 12.3 Å². The zero-order valence-electron chi connectivity index (χ0n) is 10.6. The van der Waals surface area contributed by atoms with Gasteiger partial charge < -0.3 is 15.0 Å². The molecule has 0 radical (unpaired) electrons. The van der Waals surface area contributed by atoms with Crippen LogP contribution >= 0.6 is 15.9 Å². The number of hydrogen-bond donors (Lipinski definition) is 1. The summed E-state index contributed by atoms with van der Waals surface area (Å²) in [6.45, 7) is 2.86. The molecule has 0 bridgehead atoms. The Morgan fingerprint density at radius 3 is 2.84 bits per heavy atom. The zero-order valence-corrected chi connectivity index (χ0v) is 12.2. The van der Waals surface area contributed by atoms with Crippen molar-refractivity contribution in [2.45, 2.75) is 13.5 Å². The molecule has 19 heavy (non-hydrogen) atoms. The summed E-state index contributed by atoms with van der Waals surface area (Å²) in [5.41, 5.74) is 7.43. The molecule has 1 heterocycles. The molecule has 0 fully saturated rings. The summed E-state index contributed by atoms with van der Waals surface area (Å²) in [6.07, 6.45) is 1.75. The molecule has 0 saturated heterocycles. The largest absolute Gasteiger partial charge is 0.492 e. The molecule has 0 spiro atoms. The number of pyridine rings is 1. The predicted molar refractivity (Wildman–Crippen MR) is 79.5 cm³/mol. The van der Waals surface area contributed by atoms with Gasteiger partial charge in [0.15, 0.2) is 0 Å². The van der Waals surface area contributed by atoms with Crippen LogP contribution in [0.25, 0.3) is 0 Å². The molecule has 2 rings (SSSR count). The molecule has 100 valence electrons. The first-order valence-electron chi connectivity index (χ1n) is 5.91. The van der Waals surface area contributed by atoms with Crippen molar-refractivity contribution < 1.29 is 4.74 Å². The molecule has 0 amide bonds. The number of benzene rings is 1. The van der Waals surface area contributed by atoms with Gasteiger partial charge >= 0.3 is 0 Å². The van der Waals surface area contributed by atoms with Crippen molar-refractivity contribution in [3.63, 3.8) is 0 Å². The van der Waals surface area contributed by atoms with E-state index < -0.39 is 0 Å². The van der Waals surface area contributed by atoms with Crippen molar-refractivity contribution in [1.29, 1.82) is 0 Å². The lowest BCUT2D eigenvalue weighted by atomic mass is 10.2. The van der Waals surface area contributed by atoms with E-state index in [0.717, 1.165) is 21.5 Å². The van der Waals surface area contributed by atoms with Gasteiger partial charge in [-0.1, -0.05) is 0 Å². The fourth-order valence-electron chi connectivity index (χ4n) is 1.68. The third-order valence-corrected chi connectivity index (χ3v) is 3.26. The molecule has 0 atom stereocenters. The SMILES string of the molecule is Cc1cc(OCCn2cc(Br)ccc2=O)ccc1N. The lowest BCUT2D eigenvalue weighted by Crippen LogP contribution is -2.21. The summed E-state index contributed by atoms with van der Waals surface area (Å²) >= 11 is 3.34. The summed E-state index contributed by atoms with van der Waals surface area (Å²) in [5, 5.41) is 0. The van der Waals surface area contributed by atoms with Crippen LogP contribution in [0, 0.1) is 6.92 Å². The Morgan fingerprint density at radius 1 is 1.32 bits per heavy atom. The summed E-state index contributed by atoms with van der Waals surface area (Å²) in [5.74, 6) is 0.759. The van der Waals surface area contributed by atoms with Crippen LogP contribution in [0.2, 0.25) is 0 Å². The lowest BCUT2D eigenvalue weighted by molar-refractivity contribution is 0.296. The van der Waals surface area contributed by atoms with Gasteiger partial charge in [0.2, 0.25) is 0 Å². The number of anilines is 1. The van der Waals surface area contributed by atoms with Gasteiger partial charge in [-0.15, -0.1) is 0 Å². The monoisotopic (exact) mass is 322 g/mol. The Balaban J connectivity index is 1.98. The molecule has 1 aromatic carbocycles. The van der Waals surface area contributed by atoms with Gasteiger partial charge in [0.05, 0.1) is 6.54 Å². The van der Waals surface area contributed by atoms with Crippen LogP contribution in [0.1, 0.15) is 5.56 Å². The molecule has 0 saturated carbocycles. The number of halogens is 1. The molecule has 4 nitrogen and oxygen atoms in total. The second-order valence-corrected chi connectivity index (χ2v) is 5.16. The Hall–Kier alpha value is -1.75. The number of nitrogens with zero attached hydrogens (tertiary/aromatic N) is 1. The van der Waals surface area contributed by atoms with Gasteiger partial charge in [0.1, 0.15) is 12.4 Å². The van der Waals surface area contributed by atoms with Crippen LogP contribution in [0.4, 0.5) is 5.69 Å². The maximum Gasteiger partial charge on any atom is 0.250 e. The lowest BCUT2D eigenvalue weighted by Gasteiger charge is -2.09. The van der Waals surface area contributed by atoms with E-state index in [9.17, 15) is 4.79 Å². The summed E-state index contributed by atoms with van der Waals surface area (Å²) < 4.78 is 8.09. The number of nitrogen functional groups attached to an aromatic ring is 1. The Labute approximate surface area is 119 Å². The average molecular weight is 323 g/mol. The van der Waals surface area contributed by atoms with Crippen LogP contribution in [0.5, 0.6) is 5.75 Å². The molecule has 0 aliphatic heterocycles. The van der Waals surface area contributed by atoms with Crippen LogP contribution in [0.3, 0.4) is 0 Å². The minimum absolute atomic E-state index is 0.0414. The highest BCUT2D eigenvalue weighted by atomic mass is 79.9. The van der Waals surface area contributed by atoms with E-state index in [1.54, 1.807) is 16.8 Å². The number of aryl methyl sites for hydroxylation is 1. The number of nitrogens with two attached hydrogens (primary N) is 1. The molecular weight excluding hydrogens is 308 g/mol. The van der Waals surface area contributed by atoms with Gasteiger partial charge in [-0.25, -0.2) is 0 Å². The van der Waals surface area contributed by atoms with E-state index >= 15 is 0 Å². The average Bonchev–Trinajstić information content (AvgIpc) is 2.38. The van der Waals surface area contributed by atoms with Gasteiger partial charge in [0.25, 0.3) is 5.56 Å². The molecule has 5 heteroatoms. The van der Waals surface area contributed by atoms with Crippen molar-refractivity contribution in [3.05, 3.63) is 56.9 Å². The van der Waals surface area contributed by atoms with Gasteiger partial charge in [-0.3, -0.25) is 4.79 Å². The molecule has 1 aromatic heterocycles. The van der Waals surface area contributed by atoms with E-state index in [1.807, 2.05) is 25.1 Å². The van der Waals surface area contributed by atoms with Crippen molar-refractivity contribution in [1.82, 2.24) is 4.57 Å². The summed E-state index contributed by atoms with van der Waals surface area (Å²) in [4.78, 5) is 11.6. The summed E-state index contributed by atoms with van der Waals surface area (Å²) in [7, 11) is 0. The van der Waals surface area contributed by atoms with Crippen molar-refractivity contribution >= 4 is 21.6 Å². The Morgan fingerprint density at radius 2 is 2.11 bits per heavy atom. The molecule has 0 aliphatic carbocycles. The number of rotatable bonds is 4. The molecular formula is C14H15BrN2O2. The number of aromatic nitrogens is 1. The van der Waals surface area contributed by atoms with Gasteiger partial charge in [0, 0.05) is 22.4 Å². The smallest absolute Gasteiger partial charge is 0.250 e. The maximum atomic E-state index is 11.6. The fraction of sp³-hybridized carbons (Fsp3) is 0.214. The number of ether oxygens (including phenoxy) is 1. The Bertz CT molecular complexity index is 638. The van der Waals surface area contributed by atoms with Crippen LogP contribution in [-0.2, 0) is 6.54 Å². The molecule has 2 aromatic rings. The number of hydrogen-bond acceptors (Lipinski definition) is 3. The molecule has 0 unspecified atom stereocenters. The minimum atomic E-state index is -0.0414. The highest BCUT2D eigenvalue weighted by molar-refractivity contribution is 9.10. The summed E-state index contributed by atoms with van der Waals surface area (Å²) in [6, 6.07) is 8.78. The highest BCUT2D eigenvalue weighted by Crippen LogP contribution is 2.18. The van der Waals surface area contributed by atoms with E-state index in [1.165, 1.54) is 6.07 Å². The molecule has 2 N–H and O–H groups in total. The maximum absolute atomic E-state index is 11.6. The van der Waals surface area contributed by atoms with Crippen LogP contribution in [-0.4, -0.2) is 11.2 Å². The topological polar surface area (TPSA) is 57.2 Å². The third kappa shape index (κ3) is 3.61. The normalized spacial score (nSPS) is 10.4. The predicted octanol–water partition coefficient (Wildman–Crippen LogP) is 2.58. The first kappa shape index (κ1) is 13.7. The first-order chi connectivity index (χ1) is 9.06. The highest BCUT2D eigenvalue weighted by Gasteiger charge is 2.00. The zero-order chi connectivity index (χ0) is 13.8. The standard InChI is InChI=1S/C14H15BrN2O2/c1-10-8-12(3-4-13(10)16)19-7-6-17-9-11(15)2-5-14(17)18/h2-5,8-9H,6-7,16H2,1H3. The van der Waals surface area contributed by atoms with E-state index in [2.05, 4.69) is 15.9 Å². The quantitative estimate of drug-likeness (QED) is 0.880. The third-order valence-electron chi connectivity index (χ3n) is 2.79. The van der Waals surface area contributed by atoms with Crippen molar-refractivity contribution in [2.24, 2.45) is 0 Å². The van der Waals surface area contributed by atoms with E-state index in [0.29, 0.717) is 13.2 Å². The van der Waals surface area contributed by atoms with Crippen LogP contribution in [0.15, 0.2) is 45.8 Å². The fourth-order valence-corrected chi connectivity index (χ4v) is 2.06. The van der Waals surface area contributed by atoms with Crippen LogP contribution < -0.4 is 16.0 Å². The minimum Gasteiger partial charge on any atom is -0.492 e. The van der Waals surface area contributed by atoms with Gasteiger partial charge in [-0.2, -0.15) is 0 Å². The van der Waals surface area contributed by atoms with E-state index in [4.69, 9.17) is 10.5 Å². The van der Waals surface area contributed by atoms with Crippen molar-refractivity contribution in [3.8, 4) is 5.75 Å². The second-order valence-electron chi connectivity index (χ2n) is 4.25.